The summed E-state index contributed by atoms with van der Waals surface area (Å²) in [6.07, 6.45) is 56.9. The molecular formula is C77H150O17P2. The van der Waals surface area contributed by atoms with Crippen molar-refractivity contribution < 1.29 is 80.2 Å². The summed E-state index contributed by atoms with van der Waals surface area (Å²) in [5.41, 5.74) is 0. The SMILES string of the molecule is CCCCCCCCCCCCCCCCCCC(=O)O[C@H](COC(=O)CCCCCCCCC)COP(=O)(O)OC[C@H](O)COP(=O)(O)OC[C@@H](COC(=O)CCCCCCCCCCCCCCCC(C)C)OC(=O)CCCCCCCCCCCCCCCCC(C)C. The van der Waals surface area contributed by atoms with Gasteiger partial charge >= 0.3 is 39.5 Å². The predicted molar refractivity (Wildman–Crippen MR) is 391 cm³/mol. The molecule has 17 nitrogen and oxygen atoms in total. The Hall–Kier alpha value is -1.94. The van der Waals surface area contributed by atoms with Gasteiger partial charge in [-0.1, -0.05) is 350 Å². The van der Waals surface area contributed by atoms with Gasteiger partial charge < -0.3 is 33.8 Å². The minimum Gasteiger partial charge on any atom is -0.462 e. The monoisotopic (exact) mass is 1410 g/mol. The van der Waals surface area contributed by atoms with Crippen LogP contribution in [-0.4, -0.2) is 96.7 Å². The van der Waals surface area contributed by atoms with Crippen molar-refractivity contribution in [3.8, 4) is 0 Å². The van der Waals surface area contributed by atoms with Gasteiger partial charge in [-0.15, -0.1) is 0 Å². The van der Waals surface area contributed by atoms with Gasteiger partial charge in [-0.25, -0.2) is 9.13 Å². The smallest absolute Gasteiger partial charge is 0.462 e. The molecule has 0 aromatic carbocycles. The summed E-state index contributed by atoms with van der Waals surface area (Å²) in [5.74, 6) is -0.531. The van der Waals surface area contributed by atoms with Crippen LogP contribution in [0.25, 0.3) is 0 Å². The van der Waals surface area contributed by atoms with Crippen molar-refractivity contribution in [2.24, 2.45) is 11.8 Å². The largest absolute Gasteiger partial charge is 0.472 e. The van der Waals surface area contributed by atoms with E-state index in [0.29, 0.717) is 25.7 Å². The number of unbranched alkanes of at least 4 members (excludes halogenated alkanes) is 46. The van der Waals surface area contributed by atoms with E-state index in [1.807, 2.05) is 0 Å². The van der Waals surface area contributed by atoms with E-state index in [0.717, 1.165) is 115 Å². The summed E-state index contributed by atoms with van der Waals surface area (Å²) in [6.45, 7) is 9.61. The van der Waals surface area contributed by atoms with E-state index in [-0.39, 0.29) is 25.7 Å². The Bertz CT molecular complexity index is 1860. The Kier molecular flexibility index (Phi) is 67.4. The number of carbonyl (C=O) groups excluding carboxylic acids is 4. The Labute approximate surface area is 588 Å². The summed E-state index contributed by atoms with van der Waals surface area (Å²) in [5, 5.41) is 10.6. The van der Waals surface area contributed by atoms with Gasteiger partial charge in [-0.05, 0) is 37.5 Å². The molecule has 3 N–H and O–H groups in total. The lowest BCUT2D eigenvalue weighted by Gasteiger charge is -2.21. The normalized spacial score (nSPS) is 14.0. The van der Waals surface area contributed by atoms with Crippen LogP contribution in [0.1, 0.15) is 401 Å². The molecule has 0 saturated carbocycles. The molecule has 0 bridgehead atoms. The number of carbonyl (C=O) groups is 4. The minimum absolute atomic E-state index is 0.108. The van der Waals surface area contributed by atoms with Crippen LogP contribution in [0.15, 0.2) is 0 Å². The molecular weight excluding hydrogens is 1260 g/mol. The van der Waals surface area contributed by atoms with E-state index in [9.17, 15) is 43.2 Å². The third kappa shape index (κ3) is 70.5. The van der Waals surface area contributed by atoms with Gasteiger partial charge in [0.1, 0.15) is 19.3 Å². The van der Waals surface area contributed by atoms with Crippen molar-refractivity contribution in [2.45, 2.75) is 419 Å². The van der Waals surface area contributed by atoms with Crippen LogP contribution in [0.5, 0.6) is 0 Å². The molecule has 0 rings (SSSR count). The molecule has 0 radical (unpaired) electrons. The molecule has 0 aliphatic carbocycles. The maximum atomic E-state index is 13.1. The molecule has 2 unspecified atom stereocenters. The number of aliphatic hydroxyl groups excluding tert-OH is 1. The lowest BCUT2D eigenvalue weighted by Crippen LogP contribution is -2.30. The molecule has 0 aromatic rings. The summed E-state index contributed by atoms with van der Waals surface area (Å²) in [7, 11) is -9.91. The summed E-state index contributed by atoms with van der Waals surface area (Å²) < 4.78 is 68.5. The zero-order valence-corrected chi connectivity index (χ0v) is 64.5. The van der Waals surface area contributed by atoms with Crippen molar-refractivity contribution in [3.05, 3.63) is 0 Å². The molecule has 0 aliphatic heterocycles. The van der Waals surface area contributed by atoms with Gasteiger partial charge in [0.25, 0.3) is 0 Å². The first-order chi connectivity index (χ1) is 46.4. The van der Waals surface area contributed by atoms with Crippen LogP contribution in [0.2, 0.25) is 0 Å². The first-order valence-corrected chi connectivity index (χ1v) is 43.0. The second kappa shape index (κ2) is 68.8. The Morgan fingerprint density at radius 1 is 0.281 bits per heavy atom. The van der Waals surface area contributed by atoms with Gasteiger partial charge in [-0.2, -0.15) is 0 Å². The molecule has 5 atom stereocenters. The lowest BCUT2D eigenvalue weighted by molar-refractivity contribution is -0.161. The second-order valence-corrected chi connectivity index (χ2v) is 31.6. The van der Waals surface area contributed by atoms with Gasteiger partial charge in [0.15, 0.2) is 12.2 Å². The fourth-order valence-electron chi connectivity index (χ4n) is 11.8. The average Bonchev–Trinajstić information content (AvgIpc) is 2.67. The first-order valence-electron chi connectivity index (χ1n) is 40.0. The molecule has 0 aromatic heterocycles. The third-order valence-electron chi connectivity index (χ3n) is 18.0. The third-order valence-corrected chi connectivity index (χ3v) is 19.9. The van der Waals surface area contributed by atoms with Crippen LogP contribution >= 0.6 is 15.6 Å². The van der Waals surface area contributed by atoms with E-state index in [1.165, 1.54) is 205 Å². The molecule has 0 fully saturated rings. The number of hydrogen-bond donors (Lipinski definition) is 3. The highest BCUT2D eigenvalue weighted by Crippen LogP contribution is 2.45. The highest BCUT2D eigenvalue weighted by molar-refractivity contribution is 7.47. The second-order valence-electron chi connectivity index (χ2n) is 28.7. The van der Waals surface area contributed by atoms with Crippen LogP contribution in [0.3, 0.4) is 0 Å². The zero-order valence-electron chi connectivity index (χ0n) is 62.7. The standard InChI is InChI=1S/C77H150O17P2/c1-7-9-11-13-15-16-17-18-19-20-26-32-37-43-49-55-61-76(81)93-72(65-87-74(79)59-53-47-39-14-12-10-8-2)67-91-95(83,84)89-63-71(78)64-90-96(85,86)92-68-73(66-88-75(80)60-54-48-42-36-31-28-23-25-30-35-41-46-52-58-70(5)6)94-77(82)62-56-50-44-38-33-27-22-21-24-29-34-40-45-51-57-69(3)4/h69-73,78H,7-68H2,1-6H3,(H,83,84)(H,85,86)/t71-,72+,73+/m0/s1. The molecule has 96 heavy (non-hydrogen) atoms. The summed E-state index contributed by atoms with van der Waals surface area (Å²) in [4.78, 5) is 72.7. The highest BCUT2D eigenvalue weighted by atomic mass is 31.2. The number of phosphoric ester groups is 2. The van der Waals surface area contributed by atoms with Crippen LogP contribution in [-0.2, 0) is 65.4 Å². The van der Waals surface area contributed by atoms with E-state index < -0.39 is 97.5 Å². The molecule has 570 valence electrons. The van der Waals surface area contributed by atoms with Crippen molar-refractivity contribution in [2.75, 3.05) is 39.6 Å². The van der Waals surface area contributed by atoms with Crippen molar-refractivity contribution in [1.82, 2.24) is 0 Å². The Morgan fingerprint density at radius 3 is 0.708 bits per heavy atom. The molecule has 0 heterocycles. The number of rotatable bonds is 76. The highest BCUT2D eigenvalue weighted by Gasteiger charge is 2.30. The van der Waals surface area contributed by atoms with Crippen molar-refractivity contribution in [3.63, 3.8) is 0 Å². The van der Waals surface area contributed by atoms with Crippen molar-refractivity contribution in [1.29, 1.82) is 0 Å². The molecule has 0 aliphatic rings. The number of aliphatic hydroxyl groups is 1. The Morgan fingerprint density at radius 2 is 0.479 bits per heavy atom. The number of hydrogen-bond acceptors (Lipinski definition) is 15. The number of phosphoric acid groups is 2. The van der Waals surface area contributed by atoms with Crippen LogP contribution in [0, 0.1) is 11.8 Å². The zero-order chi connectivity index (χ0) is 70.7. The van der Waals surface area contributed by atoms with Gasteiger partial charge in [0, 0.05) is 25.7 Å². The van der Waals surface area contributed by atoms with Gasteiger partial charge in [0.05, 0.1) is 26.4 Å². The molecule has 0 amide bonds. The van der Waals surface area contributed by atoms with E-state index >= 15 is 0 Å². The fraction of sp³-hybridized carbons (Fsp3) is 0.948. The van der Waals surface area contributed by atoms with E-state index in [1.54, 1.807) is 0 Å². The Balaban J connectivity index is 5.19. The first kappa shape index (κ1) is 94.1. The van der Waals surface area contributed by atoms with Crippen LogP contribution < -0.4 is 0 Å². The fourth-order valence-corrected chi connectivity index (χ4v) is 13.4. The minimum atomic E-state index is -4.96. The van der Waals surface area contributed by atoms with Crippen molar-refractivity contribution >= 4 is 39.5 Å². The molecule has 0 spiro atoms. The van der Waals surface area contributed by atoms with E-state index in [4.69, 9.17) is 37.0 Å². The maximum absolute atomic E-state index is 13.1. The van der Waals surface area contributed by atoms with E-state index in [2.05, 4.69) is 41.5 Å². The number of esters is 4. The number of ether oxygens (including phenoxy) is 4. The summed E-state index contributed by atoms with van der Waals surface area (Å²) in [6, 6.07) is 0. The molecule has 19 heteroatoms. The molecule has 0 saturated heterocycles. The summed E-state index contributed by atoms with van der Waals surface area (Å²) >= 11 is 0. The van der Waals surface area contributed by atoms with Gasteiger partial charge in [-0.3, -0.25) is 37.3 Å². The van der Waals surface area contributed by atoms with Crippen LogP contribution in [0.4, 0.5) is 0 Å². The quantitative estimate of drug-likeness (QED) is 0.0222. The maximum Gasteiger partial charge on any atom is 0.472 e. The predicted octanol–water partition coefficient (Wildman–Crippen LogP) is 22.7. The lowest BCUT2D eigenvalue weighted by atomic mass is 10.0. The topological polar surface area (TPSA) is 237 Å². The average molecular weight is 1410 g/mol. The van der Waals surface area contributed by atoms with Gasteiger partial charge in [0.2, 0.25) is 0 Å².